The highest BCUT2D eigenvalue weighted by molar-refractivity contribution is 7.18. The summed E-state index contributed by atoms with van der Waals surface area (Å²) in [6, 6.07) is 16.5. The minimum atomic E-state index is 0.0273. The van der Waals surface area contributed by atoms with Gasteiger partial charge in [0.25, 0.3) is 5.56 Å². The van der Waals surface area contributed by atoms with Crippen molar-refractivity contribution in [1.82, 2.24) is 14.9 Å². The van der Waals surface area contributed by atoms with E-state index in [2.05, 4.69) is 17.4 Å². The van der Waals surface area contributed by atoms with Gasteiger partial charge < -0.3 is 14.5 Å². The second kappa shape index (κ2) is 8.74. The van der Waals surface area contributed by atoms with Crippen LogP contribution >= 0.6 is 11.3 Å². The Morgan fingerprint density at radius 3 is 2.97 bits per heavy atom. The molecule has 1 unspecified atom stereocenters. The fraction of sp³-hybridized carbons (Fsp3) is 0.259. The van der Waals surface area contributed by atoms with Gasteiger partial charge in [0.2, 0.25) is 0 Å². The van der Waals surface area contributed by atoms with Crippen LogP contribution in [0, 0.1) is 0 Å². The van der Waals surface area contributed by atoms with Crippen LogP contribution in [0.1, 0.15) is 28.2 Å². The van der Waals surface area contributed by atoms with Crippen LogP contribution in [0.3, 0.4) is 0 Å². The molecule has 0 aliphatic heterocycles. The van der Waals surface area contributed by atoms with E-state index in [4.69, 9.17) is 14.1 Å². The number of nitrogens with one attached hydrogen (secondary N) is 1. The summed E-state index contributed by atoms with van der Waals surface area (Å²) in [5.74, 6) is 1.72. The van der Waals surface area contributed by atoms with E-state index < -0.39 is 0 Å². The van der Waals surface area contributed by atoms with Gasteiger partial charge in [0, 0.05) is 16.5 Å². The predicted octanol–water partition coefficient (Wildman–Crippen LogP) is 4.91. The standard InChI is InChI=1S/C27H25N3O3S/c1-32-23-11-8-17-5-2-3-7-20(17)22(23)15-30-16-29-26-25(27(30)31)21-10-9-18(13-24(21)34-26)28-14-19-6-4-12-33-19/h2-8,11-12,16,18,28H,9-10,13-15H2,1H3. The van der Waals surface area contributed by atoms with Crippen molar-refractivity contribution < 1.29 is 9.15 Å². The largest absolute Gasteiger partial charge is 0.496 e. The number of hydrogen-bond acceptors (Lipinski definition) is 6. The SMILES string of the molecule is COc1ccc2ccccc2c1Cn1cnc2sc3c(c2c1=O)CCC(NCc1ccco1)C3. The molecule has 2 aromatic carbocycles. The van der Waals surface area contributed by atoms with Gasteiger partial charge in [0.05, 0.1) is 38.2 Å². The van der Waals surface area contributed by atoms with E-state index in [1.165, 1.54) is 10.4 Å². The van der Waals surface area contributed by atoms with Crippen molar-refractivity contribution in [2.75, 3.05) is 7.11 Å². The quantitative estimate of drug-likeness (QED) is 0.381. The van der Waals surface area contributed by atoms with Crippen LogP contribution in [0.25, 0.3) is 21.0 Å². The average molecular weight is 472 g/mol. The first-order valence-corrected chi connectivity index (χ1v) is 12.3. The van der Waals surface area contributed by atoms with Gasteiger partial charge in [-0.05, 0) is 53.8 Å². The summed E-state index contributed by atoms with van der Waals surface area (Å²) in [5.41, 5.74) is 2.20. The lowest BCUT2D eigenvalue weighted by atomic mass is 9.93. The van der Waals surface area contributed by atoms with Crippen LogP contribution in [0.2, 0.25) is 0 Å². The van der Waals surface area contributed by atoms with Crippen molar-refractivity contribution in [2.24, 2.45) is 0 Å². The zero-order valence-electron chi connectivity index (χ0n) is 18.9. The summed E-state index contributed by atoms with van der Waals surface area (Å²) < 4.78 is 12.8. The number of ether oxygens (including phenoxy) is 1. The Morgan fingerprint density at radius 2 is 2.12 bits per heavy atom. The lowest BCUT2D eigenvalue weighted by molar-refractivity contribution is 0.409. The van der Waals surface area contributed by atoms with Gasteiger partial charge >= 0.3 is 0 Å². The van der Waals surface area contributed by atoms with Crippen molar-refractivity contribution in [2.45, 2.75) is 38.4 Å². The zero-order valence-corrected chi connectivity index (χ0v) is 19.7. The number of nitrogens with zero attached hydrogens (tertiary/aromatic N) is 2. The summed E-state index contributed by atoms with van der Waals surface area (Å²) in [6.07, 6.45) is 6.16. The molecule has 6 rings (SSSR count). The number of methoxy groups -OCH3 is 1. The van der Waals surface area contributed by atoms with Gasteiger partial charge in [-0.3, -0.25) is 9.36 Å². The minimum Gasteiger partial charge on any atom is -0.496 e. The van der Waals surface area contributed by atoms with Crippen LogP contribution < -0.4 is 15.6 Å². The maximum atomic E-state index is 13.6. The molecule has 34 heavy (non-hydrogen) atoms. The van der Waals surface area contributed by atoms with Crippen LogP contribution in [0.15, 0.2) is 70.3 Å². The first-order chi connectivity index (χ1) is 16.7. The van der Waals surface area contributed by atoms with Gasteiger partial charge in [-0.1, -0.05) is 30.3 Å². The normalized spacial score (nSPS) is 15.6. The molecular formula is C27H25N3O3S. The first-order valence-electron chi connectivity index (χ1n) is 11.5. The van der Waals surface area contributed by atoms with Gasteiger partial charge in [-0.15, -0.1) is 11.3 Å². The van der Waals surface area contributed by atoms with Gasteiger partial charge in [0.1, 0.15) is 16.3 Å². The number of thiophene rings is 1. The number of furan rings is 1. The second-order valence-corrected chi connectivity index (χ2v) is 9.81. The van der Waals surface area contributed by atoms with E-state index in [0.717, 1.165) is 63.9 Å². The third kappa shape index (κ3) is 3.71. The summed E-state index contributed by atoms with van der Waals surface area (Å²) in [5, 5.41) is 6.59. The molecule has 0 spiro atoms. The number of fused-ring (bicyclic) bond motifs is 4. The zero-order chi connectivity index (χ0) is 23.1. The molecule has 1 aliphatic carbocycles. The van der Waals surface area contributed by atoms with Crippen molar-refractivity contribution in [3.05, 3.63) is 93.2 Å². The molecule has 3 heterocycles. The molecule has 0 radical (unpaired) electrons. The van der Waals surface area contributed by atoms with Crippen molar-refractivity contribution in [3.8, 4) is 5.75 Å². The maximum absolute atomic E-state index is 13.6. The van der Waals surface area contributed by atoms with Gasteiger partial charge in [-0.2, -0.15) is 0 Å². The van der Waals surface area contributed by atoms with E-state index in [-0.39, 0.29) is 5.56 Å². The first kappa shape index (κ1) is 21.1. The monoisotopic (exact) mass is 471 g/mol. The molecule has 0 fully saturated rings. The Kier molecular flexibility index (Phi) is 5.43. The predicted molar refractivity (Wildman–Crippen MR) is 135 cm³/mol. The van der Waals surface area contributed by atoms with E-state index in [1.807, 2.05) is 36.4 Å². The van der Waals surface area contributed by atoms with Gasteiger partial charge in [-0.25, -0.2) is 4.98 Å². The Labute approximate surface area is 200 Å². The van der Waals surface area contributed by atoms with Crippen LogP contribution in [-0.4, -0.2) is 22.7 Å². The highest BCUT2D eigenvalue weighted by Crippen LogP contribution is 2.34. The van der Waals surface area contributed by atoms with Crippen LogP contribution in [-0.2, 0) is 25.9 Å². The number of benzene rings is 2. The number of hydrogen-bond donors (Lipinski definition) is 1. The second-order valence-electron chi connectivity index (χ2n) is 8.73. The summed E-state index contributed by atoms with van der Waals surface area (Å²) in [4.78, 5) is 20.4. The van der Waals surface area contributed by atoms with E-state index in [0.29, 0.717) is 12.6 Å². The number of aryl methyl sites for hydroxylation is 1. The topological polar surface area (TPSA) is 69.3 Å². The molecule has 0 saturated carbocycles. The fourth-order valence-corrected chi connectivity index (χ4v) is 6.24. The third-order valence-corrected chi connectivity index (χ3v) is 7.89. The molecular weight excluding hydrogens is 446 g/mol. The Bertz CT molecular complexity index is 1530. The van der Waals surface area contributed by atoms with E-state index in [9.17, 15) is 4.79 Å². The van der Waals surface area contributed by atoms with Crippen molar-refractivity contribution in [3.63, 3.8) is 0 Å². The lowest BCUT2D eigenvalue weighted by Crippen LogP contribution is -2.33. The Balaban J connectivity index is 1.33. The van der Waals surface area contributed by atoms with E-state index >= 15 is 0 Å². The summed E-state index contributed by atoms with van der Waals surface area (Å²) in [7, 11) is 1.67. The molecule has 0 amide bonds. The molecule has 172 valence electrons. The van der Waals surface area contributed by atoms with Crippen molar-refractivity contribution >= 4 is 32.3 Å². The Morgan fingerprint density at radius 1 is 1.21 bits per heavy atom. The van der Waals surface area contributed by atoms with E-state index in [1.54, 1.807) is 35.6 Å². The van der Waals surface area contributed by atoms with Gasteiger partial charge in [0.15, 0.2) is 0 Å². The molecule has 6 nitrogen and oxygen atoms in total. The van der Waals surface area contributed by atoms with Crippen LogP contribution in [0.4, 0.5) is 0 Å². The molecule has 3 aromatic heterocycles. The number of aromatic nitrogens is 2. The molecule has 0 bridgehead atoms. The maximum Gasteiger partial charge on any atom is 0.262 e. The third-order valence-electron chi connectivity index (χ3n) is 6.73. The lowest BCUT2D eigenvalue weighted by Gasteiger charge is -2.23. The Hall–Kier alpha value is -3.42. The molecule has 5 aromatic rings. The molecule has 1 aliphatic rings. The summed E-state index contributed by atoms with van der Waals surface area (Å²) >= 11 is 1.65. The molecule has 1 N–H and O–H groups in total. The molecule has 1 atom stereocenters. The molecule has 0 saturated heterocycles. The number of rotatable bonds is 6. The molecule has 7 heteroatoms. The summed E-state index contributed by atoms with van der Waals surface area (Å²) in [6.45, 7) is 1.14. The fourth-order valence-electron chi connectivity index (χ4n) is 4.99. The average Bonchev–Trinajstić information content (AvgIpc) is 3.52. The smallest absolute Gasteiger partial charge is 0.262 e. The van der Waals surface area contributed by atoms with Crippen LogP contribution in [0.5, 0.6) is 5.75 Å². The minimum absolute atomic E-state index is 0.0273. The highest BCUT2D eigenvalue weighted by atomic mass is 32.1. The highest BCUT2D eigenvalue weighted by Gasteiger charge is 2.25. The van der Waals surface area contributed by atoms with Crippen molar-refractivity contribution in [1.29, 1.82) is 0 Å².